The zero-order valence-corrected chi connectivity index (χ0v) is 18.3. The van der Waals surface area contributed by atoms with E-state index in [-0.39, 0.29) is 40.7 Å². The van der Waals surface area contributed by atoms with Crippen LogP contribution >= 0.6 is 0 Å². The molecule has 0 amide bonds. The molecule has 2 aromatic carbocycles. The highest BCUT2D eigenvalue weighted by Gasteiger charge is 2.36. The van der Waals surface area contributed by atoms with E-state index in [4.69, 9.17) is 4.74 Å². The molecule has 1 aliphatic heterocycles. The second-order valence-electron chi connectivity index (χ2n) is 8.49. The molecule has 170 valence electrons. The van der Waals surface area contributed by atoms with Gasteiger partial charge in [0.15, 0.2) is 5.78 Å². The van der Waals surface area contributed by atoms with Gasteiger partial charge >= 0.3 is 0 Å². The summed E-state index contributed by atoms with van der Waals surface area (Å²) in [5.74, 6) is -2.34. The minimum Gasteiger partial charge on any atom is -0.508 e. The lowest BCUT2D eigenvalue weighted by Crippen LogP contribution is -2.22. The number of fused-ring (bicyclic) bond motifs is 1. The molecule has 7 heteroatoms. The Morgan fingerprint density at radius 2 is 1.69 bits per heavy atom. The number of hydrogen-bond donors (Lipinski definition) is 5. The number of benzene rings is 2. The maximum absolute atomic E-state index is 12.9. The van der Waals surface area contributed by atoms with Crippen molar-refractivity contribution >= 4 is 5.78 Å². The number of Topliss-reactive ketones (excluding diaryl/α,β-unsaturated/α-hetero) is 1. The summed E-state index contributed by atoms with van der Waals surface area (Å²) in [6.07, 6.45) is 1.71. The van der Waals surface area contributed by atoms with E-state index in [1.165, 1.54) is 0 Å². The molecule has 1 aliphatic rings. The first kappa shape index (κ1) is 23.1. The predicted octanol–water partition coefficient (Wildman–Crippen LogP) is 5.01. The number of carbonyl (C=O) groups is 1. The van der Waals surface area contributed by atoms with Crippen molar-refractivity contribution in [3.63, 3.8) is 0 Å². The van der Waals surface area contributed by atoms with Crippen molar-refractivity contribution in [1.29, 1.82) is 0 Å². The molecular formula is C25H28O7. The van der Waals surface area contributed by atoms with Gasteiger partial charge in [0.05, 0.1) is 12.0 Å². The molecule has 2 atom stereocenters. The van der Waals surface area contributed by atoms with Crippen molar-refractivity contribution < 1.29 is 35.1 Å². The molecular weight excluding hydrogens is 412 g/mol. The molecule has 0 saturated carbocycles. The lowest BCUT2D eigenvalue weighted by Gasteiger charge is -2.30. The van der Waals surface area contributed by atoms with E-state index >= 15 is 0 Å². The molecule has 3 rings (SSSR count). The van der Waals surface area contributed by atoms with Crippen LogP contribution in [0.5, 0.6) is 34.5 Å². The fourth-order valence-corrected chi connectivity index (χ4v) is 3.91. The SMILES string of the molecule is C=C(C)[C@H](CC=C(C)C)Cc1c(O)cc(O)c2c1O[C@H](c1c(O)cc(O)cc1O)CC2=O. The molecule has 0 fully saturated rings. The molecule has 7 nitrogen and oxygen atoms in total. The van der Waals surface area contributed by atoms with Crippen LogP contribution in [0.4, 0.5) is 0 Å². The Morgan fingerprint density at radius 3 is 2.25 bits per heavy atom. The zero-order valence-electron chi connectivity index (χ0n) is 18.3. The number of carbonyl (C=O) groups excluding carboxylic acids is 1. The summed E-state index contributed by atoms with van der Waals surface area (Å²) < 4.78 is 6.00. The van der Waals surface area contributed by atoms with Crippen molar-refractivity contribution in [2.45, 2.75) is 46.1 Å². The highest BCUT2D eigenvalue weighted by Crippen LogP contribution is 2.49. The summed E-state index contributed by atoms with van der Waals surface area (Å²) >= 11 is 0. The van der Waals surface area contributed by atoms with Gasteiger partial charge in [-0.2, -0.15) is 0 Å². The number of aromatic hydroxyl groups is 5. The highest BCUT2D eigenvalue weighted by atomic mass is 16.5. The summed E-state index contributed by atoms with van der Waals surface area (Å²) in [5.41, 5.74) is 2.25. The van der Waals surface area contributed by atoms with Crippen LogP contribution in [0.1, 0.15) is 61.2 Å². The minimum atomic E-state index is -1.07. The Kier molecular flexibility index (Phi) is 6.39. The van der Waals surface area contributed by atoms with Gasteiger partial charge in [-0.25, -0.2) is 0 Å². The van der Waals surface area contributed by atoms with Gasteiger partial charge < -0.3 is 30.3 Å². The van der Waals surface area contributed by atoms with Crippen LogP contribution in [-0.4, -0.2) is 31.3 Å². The molecule has 1 heterocycles. The van der Waals surface area contributed by atoms with E-state index in [0.717, 1.165) is 29.3 Å². The quantitative estimate of drug-likeness (QED) is 0.399. The monoisotopic (exact) mass is 440 g/mol. The summed E-state index contributed by atoms with van der Waals surface area (Å²) in [6.45, 7) is 9.89. The number of allylic oxidation sites excluding steroid dienone is 3. The lowest BCUT2D eigenvalue weighted by molar-refractivity contribution is 0.0836. The molecule has 0 aliphatic carbocycles. The summed E-state index contributed by atoms with van der Waals surface area (Å²) in [4.78, 5) is 12.9. The van der Waals surface area contributed by atoms with Crippen LogP contribution < -0.4 is 4.74 Å². The Hall–Kier alpha value is -3.61. The second kappa shape index (κ2) is 8.86. The van der Waals surface area contributed by atoms with Gasteiger partial charge in [0.1, 0.15) is 46.2 Å². The number of hydrogen-bond acceptors (Lipinski definition) is 7. The Labute approximate surface area is 186 Å². The van der Waals surface area contributed by atoms with Gasteiger partial charge in [0.2, 0.25) is 0 Å². The van der Waals surface area contributed by atoms with Gasteiger partial charge in [0.25, 0.3) is 0 Å². The topological polar surface area (TPSA) is 127 Å². The summed E-state index contributed by atoms with van der Waals surface area (Å²) in [7, 11) is 0. The molecule has 0 unspecified atom stereocenters. The maximum Gasteiger partial charge on any atom is 0.174 e. The van der Waals surface area contributed by atoms with Crippen molar-refractivity contribution in [3.8, 4) is 34.5 Å². The van der Waals surface area contributed by atoms with E-state index in [9.17, 15) is 30.3 Å². The van der Waals surface area contributed by atoms with Crippen molar-refractivity contribution in [2.75, 3.05) is 0 Å². The Balaban J connectivity index is 2.09. The standard InChI is InChI=1S/C25H28O7/c1-12(2)5-6-14(13(3)4)7-16-17(27)10-20(30)24-21(31)11-22(32-25(16)24)23-18(28)8-15(26)9-19(23)29/h5,8-10,14,22,26-30H,3,6-7,11H2,1-2,4H3/t14-,22+/m1/s1. The van der Waals surface area contributed by atoms with Gasteiger partial charge in [-0.15, -0.1) is 0 Å². The van der Waals surface area contributed by atoms with E-state index in [1.54, 1.807) is 0 Å². The molecule has 0 bridgehead atoms. The van der Waals surface area contributed by atoms with Crippen LogP contribution in [0.3, 0.4) is 0 Å². The smallest absolute Gasteiger partial charge is 0.174 e. The van der Waals surface area contributed by atoms with Gasteiger partial charge in [-0.05, 0) is 39.5 Å². The normalized spacial score (nSPS) is 16.1. The average Bonchev–Trinajstić information content (AvgIpc) is 2.65. The largest absolute Gasteiger partial charge is 0.508 e. The van der Waals surface area contributed by atoms with E-state index in [1.807, 2.05) is 20.8 Å². The number of phenolic OH excluding ortho intramolecular Hbond substituents is 5. The van der Waals surface area contributed by atoms with Crippen LogP contribution in [-0.2, 0) is 6.42 Å². The summed E-state index contributed by atoms with van der Waals surface area (Å²) in [6, 6.07) is 3.20. The fourth-order valence-electron chi connectivity index (χ4n) is 3.91. The van der Waals surface area contributed by atoms with E-state index in [2.05, 4.69) is 12.7 Å². The first-order valence-electron chi connectivity index (χ1n) is 10.3. The third kappa shape index (κ3) is 4.51. The average molecular weight is 440 g/mol. The number of ether oxygens (including phenoxy) is 1. The van der Waals surface area contributed by atoms with Crippen molar-refractivity contribution in [1.82, 2.24) is 0 Å². The fraction of sp³-hybridized carbons (Fsp3) is 0.320. The first-order valence-corrected chi connectivity index (χ1v) is 10.3. The highest BCUT2D eigenvalue weighted by molar-refractivity contribution is 6.03. The van der Waals surface area contributed by atoms with Crippen molar-refractivity contribution in [3.05, 3.63) is 58.7 Å². The number of phenols is 5. The lowest BCUT2D eigenvalue weighted by atomic mass is 9.86. The molecule has 0 saturated heterocycles. The number of ketones is 1. The molecule has 0 aromatic heterocycles. The Morgan fingerprint density at radius 1 is 1.06 bits per heavy atom. The zero-order chi connectivity index (χ0) is 23.7. The molecule has 32 heavy (non-hydrogen) atoms. The molecule has 5 N–H and O–H groups in total. The predicted molar refractivity (Wildman–Crippen MR) is 120 cm³/mol. The van der Waals surface area contributed by atoms with Crippen LogP contribution in [0, 0.1) is 5.92 Å². The summed E-state index contributed by atoms with van der Waals surface area (Å²) in [5, 5.41) is 51.0. The van der Waals surface area contributed by atoms with Crippen LogP contribution in [0.2, 0.25) is 0 Å². The van der Waals surface area contributed by atoms with Gasteiger partial charge in [0, 0.05) is 23.8 Å². The molecule has 0 radical (unpaired) electrons. The third-order valence-electron chi connectivity index (χ3n) is 5.65. The van der Waals surface area contributed by atoms with Crippen LogP contribution in [0.25, 0.3) is 0 Å². The third-order valence-corrected chi connectivity index (χ3v) is 5.65. The van der Waals surface area contributed by atoms with E-state index < -0.39 is 29.1 Å². The van der Waals surface area contributed by atoms with Crippen molar-refractivity contribution in [2.24, 2.45) is 5.92 Å². The molecule has 0 spiro atoms. The van der Waals surface area contributed by atoms with Gasteiger partial charge in [-0.1, -0.05) is 23.8 Å². The van der Waals surface area contributed by atoms with E-state index in [0.29, 0.717) is 18.4 Å². The minimum absolute atomic E-state index is 0.0130. The van der Waals surface area contributed by atoms with Crippen LogP contribution in [0.15, 0.2) is 42.0 Å². The maximum atomic E-state index is 12.9. The van der Waals surface area contributed by atoms with Gasteiger partial charge in [-0.3, -0.25) is 4.79 Å². The Bertz CT molecular complexity index is 1090. The number of rotatable bonds is 6. The molecule has 2 aromatic rings. The first-order chi connectivity index (χ1) is 15.0. The second-order valence-corrected chi connectivity index (χ2v) is 8.49.